The van der Waals surface area contributed by atoms with Crippen LogP contribution in [0.1, 0.15) is 32.6 Å². The third-order valence-corrected chi connectivity index (χ3v) is 5.54. The lowest BCUT2D eigenvalue weighted by Gasteiger charge is -2.36. The second-order valence-electron chi connectivity index (χ2n) is 8.07. The minimum absolute atomic E-state index is 0.183. The molecular formula is C19H36N6O. The van der Waals surface area contributed by atoms with Crippen LogP contribution in [0.15, 0.2) is 4.99 Å². The molecule has 1 saturated carbocycles. The number of nitrogens with one attached hydrogen (secondary N) is 2. The van der Waals surface area contributed by atoms with Gasteiger partial charge in [-0.15, -0.1) is 0 Å². The molecule has 1 unspecified atom stereocenters. The lowest BCUT2D eigenvalue weighted by Crippen LogP contribution is -2.54. The minimum atomic E-state index is 0.183. The molecule has 0 aromatic carbocycles. The molecule has 2 aliphatic heterocycles. The monoisotopic (exact) mass is 364 g/mol. The third-order valence-electron chi connectivity index (χ3n) is 5.54. The summed E-state index contributed by atoms with van der Waals surface area (Å²) in [6.45, 7) is 10.6. The predicted octanol–water partition coefficient (Wildman–Crippen LogP) is 0.190. The van der Waals surface area contributed by atoms with Gasteiger partial charge in [0, 0.05) is 51.9 Å². The Hall–Kier alpha value is -1.34. The number of hydrogen-bond donors (Lipinski definition) is 2. The number of carbonyl (C=O) groups is 1. The quantitative estimate of drug-likeness (QED) is 0.520. The number of guanidine groups is 1. The van der Waals surface area contributed by atoms with Crippen molar-refractivity contribution in [2.75, 3.05) is 66.0 Å². The first-order valence-electron chi connectivity index (χ1n) is 10.4. The summed E-state index contributed by atoms with van der Waals surface area (Å²) in [7, 11) is 2.21. The molecule has 7 nitrogen and oxygen atoms in total. The lowest BCUT2D eigenvalue weighted by molar-refractivity contribution is -0.122. The van der Waals surface area contributed by atoms with Gasteiger partial charge in [0.2, 0.25) is 5.91 Å². The molecule has 3 fully saturated rings. The number of hydrogen-bond acceptors (Lipinski definition) is 4. The van der Waals surface area contributed by atoms with E-state index in [1.54, 1.807) is 0 Å². The zero-order valence-corrected chi connectivity index (χ0v) is 16.5. The van der Waals surface area contributed by atoms with E-state index in [0.29, 0.717) is 18.5 Å². The van der Waals surface area contributed by atoms with Gasteiger partial charge < -0.3 is 20.4 Å². The second-order valence-corrected chi connectivity index (χ2v) is 8.07. The van der Waals surface area contributed by atoms with Crippen molar-refractivity contribution < 1.29 is 4.79 Å². The highest BCUT2D eigenvalue weighted by molar-refractivity contribution is 5.80. The summed E-state index contributed by atoms with van der Waals surface area (Å²) in [5.41, 5.74) is 0. The number of piperidine rings is 1. The maximum absolute atomic E-state index is 12.0. The van der Waals surface area contributed by atoms with E-state index < -0.39 is 0 Å². The van der Waals surface area contributed by atoms with Crippen molar-refractivity contribution in [3.05, 3.63) is 0 Å². The van der Waals surface area contributed by atoms with Gasteiger partial charge in [-0.2, -0.15) is 0 Å². The number of rotatable bonds is 6. The zero-order chi connectivity index (χ0) is 18.4. The Bertz CT molecular complexity index is 484. The van der Waals surface area contributed by atoms with E-state index in [9.17, 15) is 4.79 Å². The molecule has 1 atom stereocenters. The molecule has 0 aromatic heterocycles. The van der Waals surface area contributed by atoms with E-state index in [1.807, 2.05) is 0 Å². The molecule has 148 valence electrons. The van der Waals surface area contributed by atoms with Crippen molar-refractivity contribution >= 4 is 11.9 Å². The maximum Gasteiger partial charge on any atom is 0.234 e. The second kappa shape index (κ2) is 9.55. The first kappa shape index (κ1) is 19.4. The molecule has 7 heteroatoms. The van der Waals surface area contributed by atoms with Crippen molar-refractivity contribution in [2.24, 2.45) is 10.9 Å². The molecule has 0 spiro atoms. The van der Waals surface area contributed by atoms with Gasteiger partial charge in [-0.3, -0.25) is 14.7 Å². The largest absolute Gasteiger partial charge is 0.357 e. The SMILES string of the molecule is CCNC(=NCC1CCCN(C)C1)N1CCN(CC(=O)NC2CC2)CC1. The summed E-state index contributed by atoms with van der Waals surface area (Å²) in [4.78, 5) is 23.9. The number of carbonyl (C=O) groups excluding carboxylic acids is 1. The molecule has 3 rings (SSSR count). The Kier molecular flexibility index (Phi) is 7.14. The van der Waals surface area contributed by atoms with E-state index in [4.69, 9.17) is 4.99 Å². The highest BCUT2D eigenvalue weighted by Crippen LogP contribution is 2.18. The van der Waals surface area contributed by atoms with Crippen LogP contribution in [-0.4, -0.2) is 98.6 Å². The van der Waals surface area contributed by atoms with Crippen LogP contribution in [0.5, 0.6) is 0 Å². The van der Waals surface area contributed by atoms with Crippen LogP contribution in [0, 0.1) is 5.92 Å². The van der Waals surface area contributed by atoms with E-state index in [0.717, 1.165) is 64.6 Å². The third kappa shape index (κ3) is 6.13. The smallest absolute Gasteiger partial charge is 0.234 e. The minimum Gasteiger partial charge on any atom is -0.357 e. The zero-order valence-electron chi connectivity index (χ0n) is 16.5. The fourth-order valence-corrected chi connectivity index (χ4v) is 3.89. The van der Waals surface area contributed by atoms with Crippen LogP contribution in [-0.2, 0) is 4.79 Å². The van der Waals surface area contributed by atoms with Gasteiger partial charge in [0.05, 0.1) is 6.54 Å². The van der Waals surface area contributed by atoms with Crippen molar-refractivity contribution in [3.8, 4) is 0 Å². The average Bonchev–Trinajstić information content (AvgIpc) is 3.43. The normalized spacial score (nSPS) is 26.0. The van der Waals surface area contributed by atoms with Gasteiger partial charge in [0.1, 0.15) is 0 Å². The first-order valence-corrected chi connectivity index (χ1v) is 10.4. The van der Waals surface area contributed by atoms with Gasteiger partial charge in [-0.05, 0) is 52.1 Å². The Morgan fingerprint density at radius 3 is 2.54 bits per heavy atom. The van der Waals surface area contributed by atoms with Crippen LogP contribution >= 0.6 is 0 Å². The van der Waals surface area contributed by atoms with E-state index >= 15 is 0 Å². The topological polar surface area (TPSA) is 63.2 Å². The fraction of sp³-hybridized carbons (Fsp3) is 0.895. The Morgan fingerprint density at radius 2 is 1.88 bits per heavy atom. The maximum atomic E-state index is 12.0. The molecular weight excluding hydrogens is 328 g/mol. The Labute approximate surface area is 158 Å². The molecule has 2 saturated heterocycles. The van der Waals surface area contributed by atoms with E-state index in [2.05, 4.69) is 39.3 Å². The molecule has 3 aliphatic rings. The van der Waals surface area contributed by atoms with Crippen molar-refractivity contribution in [3.63, 3.8) is 0 Å². The number of amides is 1. The van der Waals surface area contributed by atoms with Crippen LogP contribution in [0.25, 0.3) is 0 Å². The molecule has 0 bridgehead atoms. The molecule has 26 heavy (non-hydrogen) atoms. The van der Waals surface area contributed by atoms with Gasteiger partial charge in [0.25, 0.3) is 0 Å². The molecule has 0 radical (unpaired) electrons. The average molecular weight is 365 g/mol. The van der Waals surface area contributed by atoms with Crippen molar-refractivity contribution in [2.45, 2.75) is 38.6 Å². The molecule has 1 aliphatic carbocycles. The number of piperazine rings is 1. The van der Waals surface area contributed by atoms with Crippen LogP contribution in [0.4, 0.5) is 0 Å². The molecule has 2 heterocycles. The van der Waals surface area contributed by atoms with E-state index in [-0.39, 0.29) is 5.91 Å². The summed E-state index contributed by atoms with van der Waals surface area (Å²) < 4.78 is 0. The van der Waals surface area contributed by atoms with Crippen LogP contribution in [0.2, 0.25) is 0 Å². The summed E-state index contributed by atoms with van der Waals surface area (Å²) in [5, 5.41) is 6.54. The Morgan fingerprint density at radius 1 is 1.12 bits per heavy atom. The molecule has 2 N–H and O–H groups in total. The fourth-order valence-electron chi connectivity index (χ4n) is 3.89. The number of nitrogens with zero attached hydrogens (tertiary/aromatic N) is 4. The van der Waals surface area contributed by atoms with Crippen LogP contribution < -0.4 is 10.6 Å². The number of aliphatic imine (C=N–C) groups is 1. The first-order chi connectivity index (χ1) is 12.6. The predicted molar refractivity (Wildman–Crippen MR) is 105 cm³/mol. The standard InChI is InChI=1S/C19H36N6O/c1-3-20-19(21-13-16-5-4-8-23(2)14-16)25-11-9-24(10-12-25)15-18(26)22-17-6-7-17/h16-17H,3-15H2,1-2H3,(H,20,21)(H,22,26). The number of likely N-dealkylation sites (tertiary alicyclic amines) is 1. The summed E-state index contributed by atoms with van der Waals surface area (Å²) in [6, 6.07) is 0.454. The van der Waals surface area contributed by atoms with Crippen molar-refractivity contribution in [1.82, 2.24) is 25.3 Å². The van der Waals surface area contributed by atoms with Gasteiger partial charge in [-0.1, -0.05) is 0 Å². The summed E-state index contributed by atoms with van der Waals surface area (Å²) in [6.07, 6.45) is 4.88. The van der Waals surface area contributed by atoms with Crippen LogP contribution in [0.3, 0.4) is 0 Å². The summed E-state index contributed by atoms with van der Waals surface area (Å²) >= 11 is 0. The van der Waals surface area contributed by atoms with Gasteiger partial charge >= 0.3 is 0 Å². The highest BCUT2D eigenvalue weighted by atomic mass is 16.2. The highest BCUT2D eigenvalue weighted by Gasteiger charge is 2.26. The van der Waals surface area contributed by atoms with Gasteiger partial charge in [-0.25, -0.2) is 0 Å². The van der Waals surface area contributed by atoms with Crippen molar-refractivity contribution in [1.29, 1.82) is 0 Å². The lowest BCUT2D eigenvalue weighted by atomic mass is 9.99. The Balaban J connectivity index is 1.44. The molecule has 1 amide bonds. The summed E-state index contributed by atoms with van der Waals surface area (Å²) in [5.74, 6) is 1.90. The van der Waals surface area contributed by atoms with E-state index in [1.165, 1.54) is 19.4 Å². The molecule has 0 aromatic rings. The van der Waals surface area contributed by atoms with Gasteiger partial charge in [0.15, 0.2) is 5.96 Å².